The molecular weight excluding hydrogens is 424 g/mol. The lowest BCUT2D eigenvalue weighted by atomic mass is 10.1. The molecule has 5 N–H and O–H groups in total. The number of allylic oxidation sites excluding steroid dienone is 1. The van der Waals surface area contributed by atoms with Crippen LogP contribution in [0.25, 0.3) is 10.9 Å². The molecule has 5 rings (SSSR count). The highest BCUT2D eigenvalue weighted by Crippen LogP contribution is 2.32. The number of methoxy groups -OCH3 is 1. The molecule has 166 valence electrons. The number of piperidine rings is 1. The lowest BCUT2D eigenvalue weighted by Crippen LogP contribution is -2.39. The Balaban J connectivity index is 1.39. The number of rotatable bonds is 5. The molecule has 0 saturated carbocycles. The second kappa shape index (κ2) is 8.76. The molecule has 8 heteroatoms. The minimum absolute atomic E-state index is 0.301. The van der Waals surface area contributed by atoms with E-state index in [0.29, 0.717) is 11.1 Å². The Morgan fingerprint density at radius 2 is 2.00 bits per heavy atom. The summed E-state index contributed by atoms with van der Waals surface area (Å²) in [5.41, 5.74) is 10.8. The molecule has 3 heterocycles. The van der Waals surface area contributed by atoms with E-state index in [-0.39, 0.29) is 6.29 Å². The number of nitrogens with one attached hydrogen (secondary N) is 3. The second-order valence-corrected chi connectivity index (χ2v) is 8.55. The zero-order chi connectivity index (χ0) is 22.1. The number of ether oxygens (including phenoxy) is 1. The number of hydrogen-bond acceptors (Lipinski definition) is 6. The van der Waals surface area contributed by atoms with E-state index in [9.17, 15) is 0 Å². The monoisotopic (exact) mass is 450 g/mol. The van der Waals surface area contributed by atoms with Crippen molar-refractivity contribution in [3.8, 4) is 5.75 Å². The first kappa shape index (κ1) is 20.7. The predicted octanol–water partition coefficient (Wildman–Crippen LogP) is 3.97. The molecule has 2 aliphatic heterocycles. The summed E-state index contributed by atoms with van der Waals surface area (Å²) >= 11 is 6.51. The third-order valence-electron chi connectivity index (χ3n) is 6.08. The third-order valence-corrected chi connectivity index (χ3v) is 6.37. The number of halogens is 1. The Labute approximate surface area is 192 Å². The van der Waals surface area contributed by atoms with Crippen LogP contribution in [0.15, 0.2) is 64.9 Å². The molecule has 1 atom stereocenters. The fourth-order valence-corrected chi connectivity index (χ4v) is 4.50. The average Bonchev–Trinajstić information content (AvgIpc) is 3.25. The SMILES string of the molecule is COc1cc(N2CCC(N)CC2)ccc1NC1N=C(c2c[nH]c3ccccc23)C(Cl)=CN1. The van der Waals surface area contributed by atoms with Crippen LogP contribution in [0.1, 0.15) is 18.4 Å². The van der Waals surface area contributed by atoms with Gasteiger partial charge in [0.2, 0.25) is 0 Å². The highest BCUT2D eigenvalue weighted by atomic mass is 35.5. The van der Waals surface area contributed by atoms with Gasteiger partial charge in [0.05, 0.1) is 23.5 Å². The smallest absolute Gasteiger partial charge is 0.194 e. The first-order chi connectivity index (χ1) is 15.6. The number of benzene rings is 2. The van der Waals surface area contributed by atoms with Crippen molar-refractivity contribution in [3.63, 3.8) is 0 Å². The zero-order valence-electron chi connectivity index (χ0n) is 17.9. The average molecular weight is 451 g/mol. The van der Waals surface area contributed by atoms with Gasteiger partial charge in [-0.3, -0.25) is 0 Å². The molecular formula is C24H27ClN6O. The van der Waals surface area contributed by atoms with Crippen LogP contribution in [-0.2, 0) is 0 Å². The summed E-state index contributed by atoms with van der Waals surface area (Å²) in [6.45, 7) is 1.92. The quantitative estimate of drug-likeness (QED) is 0.472. The summed E-state index contributed by atoms with van der Waals surface area (Å²) in [7, 11) is 1.68. The second-order valence-electron chi connectivity index (χ2n) is 8.14. The molecule has 1 aromatic heterocycles. The summed E-state index contributed by atoms with van der Waals surface area (Å²) in [5, 5.41) is 8.28. The first-order valence-corrected chi connectivity index (χ1v) is 11.2. The Kier molecular flexibility index (Phi) is 5.68. The van der Waals surface area contributed by atoms with Gasteiger partial charge in [0.1, 0.15) is 5.75 Å². The summed E-state index contributed by atoms with van der Waals surface area (Å²) in [4.78, 5) is 10.5. The fraction of sp³-hybridized carbons (Fsp3) is 0.292. The van der Waals surface area contributed by atoms with Gasteiger partial charge in [-0.1, -0.05) is 29.8 Å². The number of nitrogens with zero attached hydrogens (tertiary/aromatic N) is 2. The van der Waals surface area contributed by atoms with Crippen LogP contribution in [-0.4, -0.2) is 43.2 Å². The van der Waals surface area contributed by atoms with Gasteiger partial charge in [0.15, 0.2) is 6.29 Å². The van der Waals surface area contributed by atoms with Crippen molar-refractivity contribution in [2.45, 2.75) is 25.2 Å². The van der Waals surface area contributed by atoms with Crippen molar-refractivity contribution in [3.05, 3.63) is 65.5 Å². The Hall–Kier alpha value is -3.16. The number of para-hydroxylation sites is 1. The summed E-state index contributed by atoms with van der Waals surface area (Å²) in [6.07, 6.45) is 5.36. The molecule has 2 aliphatic rings. The lowest BCUT2D eigenvalue weighted by Gasteiger charge is -2.32. The summed E-state index contributed by atoms with van der Waals surface area (Å²) in [5.74, 6) is 0.767. The van der Waals surface area contributed by atoms with Crippen molar-refractivity contribution in [1.29, 1.82) is 0 Å². The lowest BCUT2D eigenvalue weighted by molar-refractivity contribution is 0.415. The van der Waals surface area contributed by atoms with Crippen LogP contribution in [0.3, 0.4) is 0 Å². The number of aromatic amines is 1. The maximum absolute atomic E-state index is 6.51. The van der Waals surface area contributed by atoms with E-state index in [0.717, 1.165) is 65.2 Å². The van der Waals surface area contributed by atoms with Gasteiger partial charge in [0.25, 0.3) is 0 Å². The molecule has 1 fully saturated rings. The molecule has 0 amide bonds. The first-order valence-electron chi connectivity index (χ1n) is 10.8. The number of aliphatic imine (C=N–C) groups is 1. The Bertz CT molecular complexity index is 1180. The van der Waals surface area contributed by atoms with Crippen LogP contribution < -0.4 is 26.0 Å². The molecule has 3 aromatic rings. The van der Waals surface area contributed by atoms with Gasteiger partial charge < -0.3 is 31.0 Å². The topological polar surface area (TPSA) is 90.7 Å². The normalized spacial score (nSPS) is 19.3. The van der Waals surface area contributed by atoms with Crippen LogP contribution in [0.5, 0.6) is 5.75 Å². The molecule has 0 spiro atoms. The fourth-order valence-electron chi connectivity index (χ4n) is 4.29. The molecule has 1 unspecified atom stereocenters. The molecule has 0 aliphatic carbocycles. The molecule has 0 bridgehead atoms. The highest BCUT2D eigenvalue weighted by molar-refractivity contribution is 6.47. The van der Waals surface area contributed by atoms with E-state index in [1.165, 1.54) is 0 Å². The largest absolute Gasteiger partial charge is 0.495 e. The Morgan fingerprint density at radius 3 is 2.81 bits per heavy atom. The van der Waals surface area contributed by atoms with E-state index in [4.69, 9.17) is 27.1 Å². The number of fused-ring (bicyclic) bond motifs is 1. The minimum atomic E-state index is -0.381. The van der Waals surface area contributed by atoms with E-state index >= 15 is 0 Å². The zero-order valence-corrected chi connectivity index (χ0v) is 18.7. The number of hydrogen-bond donors (Lipinski definition) is 4. The van der Waals surface area contributed by atoms with Crippen LogP contribution >= 0.6 is 11.6 Å². The van der Waals surface area contributed by atoms with E-state index < -0.39 is 0 Å². The molecule has 0 radical (unpaired) electrons. The van der Waals surface area contributed by atoms with E-state index in [1.807, 2.05) is 30.5 Å². The van der Waals surface area contributed by atoms with Crippen LogP contribution in [0.2, 0.25) is 0 Å². The standard InChI is InChI=1S/C24H27ClN6O/c1-32-22-12-16(31-10-8-15(26)9-11-31)6-7-21(22)29-24-28-14-19(25)23(30-24)18-13-27-20-5-3-2-4-17(18)20/h2-7,12-15,24,27-29H,8-11,26H2,1H3. The van der Waals surface area contributed by atoms with Crippen molar-refractivity contribution in [2.75, 3.05) is 30.4 Å². The number of anilines is 2. The van der Waals surface area contributed by atoms with E-state index in [1.54, 1.807) is 13.3 Å². The summed E-state index contributed by atoms with van der Waals surface area (Å²) in [6, 6.07) is 14.6. The number of aromatic nitrogens is 1. The Morgan fingerprint density at radius 1 is 1.19 bits per heavy atom. The van der Waals surface area contributed by atoms with Gasteiger partial charge in [-0.15, -0.1) is 0 Å². The molecule has 1 saturated heterocycles. The van der Waals surface area contributed by atoms with E-state index in [2.05, 4.69) is 38.7 Å². The third kappa shape index (κ3) is 4.01. The molecule has 7 nitrogen and oxygen atoms in total. The molecule has 2 aromatic carbocycles. The maximum Gasteiger partial charge on any atom is 0.194 e. The number of nitrogens with two attached hydrogens (primary N) is 1. The number of H-pyrrole nitrogens is 1. The van der Waals surface area contributed by atoms with Crippen molar-refractivity contribution >= 4 is 39.6 Å². The van der Waals surface area contributed by atoms with Gasteiger partial charge in [-0.2, -0.15) is 0 Å². The minimum Gasteiger partial charge on any atom is -0.495 e. The van der Waals surface area contributed by atoms with Crippen molar-refractivity contribution in [2.24, 2.45) is 10.7 Å². The van der Waals surface area contributed by atoms with Crippen molar-refractivity contribution in [1.82, 2.24) is 10.3 Å². The molecule has 32 heavy (non-hydrogen) atoms. The van der Waals surface area contributed by atoms with Crippen LogP contribution in [0, 0.1) is 0 Å². The van der Waals surface area contributed by atoms with Crippen molar-refractivity contribution < 1.29 is 4.74 Å². The highest BCUT2D eigenvalue weighted by Gasteiger charge is 2.21. The van der Waals surface area contributed by atoms with Gasteiger partial charge >= 0.3 is 0 Å². The predicted molar refractivity (Wildman–Crippen MR) is 132 cm³/mol. The maximum atomic E-state index is 6.51. The van der Waals surface area contributed by atoms with Crippen LogP contribution in [0.4, 0.5) is 11.4 Å². The van der Waals surface area contributed by atoms with Gasteiger partial charge in [-0.05, 0) is 31.0 Å². The van der Waals surface area contributed by atoms with Gasteiger partial charge in [0, 0.05) is 59.7 Å². The van der Waals surface area contributed by atoms with Gasteiger partial charge in [-0.25, -0.2) is 4.99 Å². The summed E-state index contributed by atoms with van der Waals surface area (Å²) < 4.78 is 5.68.